The van der Waals surface area contributed by atoms with Crippen molar-refractivity contribution in [3.05, 3.63) is 23.2 Å². The standard InChI is InChI=1S/C11H15ClN2O4S/c12-9-2-1-3-10(13)11(9)19(15,16)14-6-8-7-17-4-5-18-8/h1-3,8,14H,4-7,13H2. The van der Waals surface area contributed by atoms with Crippen LogP contribution in [0.4, 0.5) is 5.69 Å². The highest BCUT2D eigenvalue weighted by Crippen LogP contribution is 2.26. The molecule has 1 aromatic carbocycles. The van der Waals surface area contributed by atoms with Crippen LogP contribution in [0.3, 0.4) is 0 Å². The van der Waals surface area contributed by atoms with E-state index in [4.69, 9.17) is 26.8 Å². The molecule has 1 saturated heterocycles. The number of ether oxygens (including phenoxy) is 2. The Morgan fingerprint density at radius 2 is 2.21 bits per heavy atom. The minimum Gasteiger partial charge on any atom is -0.398 e. The molecule has 1 aliphatic rings. The molecule has 0 radical (unpaired) electrons. The molecule has 0 saturated carbocycles. The van der Waals surface area contributed by atoms with Gasteiger partial charge in [0.2, 0.25) is 10.0 Å². The molecule has 2 rings (SSSR count). The van der Waals surface area contributed by atoms with E-state index in [2.05, 4.69) is 4.72 Å². The van der Waals surface area contributed by atoms with E-state index in [1.165, 1.54) is 12.1 Å². The summed E-state index contributed by atoms with van der Waals surface area (Å²) in [7, 11) is -3.76. The first-order valence-electron chi connectivity index (χ1n) is 5.74. The molecule has 1 aliphatic heterocycles. The fraction of sp³-hybridized carbons (Fsp3) is 0.455. The van der Waals surface area contributed by atoms with Crippen molar-refractivity contribution in [3.63, 3.8) is 0 Å². The topological polar surface area (TPSA) is 90.7 Å². The number of hydrogen-bond donors (Lipinski definition) is 2. The monoisotopic (exact) mass is 306 g/mol. The predicted molar refractivity (Wildman–Crippen MR) is 71.6 cm³/mol. The lowest BCUT2D eigenvalue weighted by Crippen LogP contribution is -2.39. The van der Waals surface area contributed by atoms with Crippen LogP contribution in [0.2, 0.25) is 5.02 Å². The summed E-state index contributed by atoms with van der Waals surface area (Å²) in [5.74, 6) is 0. The Morgan fingerprint density at radius 1 is 1.42 bits per heavy atom. The molecule has 106 valence electrons. The van der Waals surface area contributed by atoms with Crippen LogP contribution in [0.5, 0.6) is 0 Å². The Morgan fingerprint density at radius 3 is 2.84 bits per heavy atom. The molecule has 0 spiro atoms. The van der Waals surface area contributed by atoms with Crippen molar-refractivity contribution in [2.75, 3.05) is 32.1 Å². The van der Waals surface area contributed by atoms with Gasteiger partial charge in [-0.1, -0.05) is 17.7 Å². The molecule has 6 nitrogen and oxygen atoms in total. The summed E-state index contributed by atoms with van der Waals surface area (Å²) in [5.41, 5.74) is 5.77. The molecule has 19 heavy (non-hydrogen) atoms. The van der Waals surface area contributed by atoms with Crippen LogP contribution in [0.1, 0.15) is 0 Å². The molecule has 0 aliphatic carbocycles. The van der Waals surface area contributed by atoms with Crippen molar-refractivity contribution in [2.45, 2.75) is 11.0 Å². The number of anilines is 1. The highest BCUT2D eigenvalue weighted by Gasteiger charge is 2.23. The van der Waals surface area contributed by atoms with Gasteiger partial charge in [0.05, 0.1) is 36.6 Å². The van der Waals surface area contributed by atoms with Gasteiger partial charge in [0.1, 0.15) is 4.90 Å². The second kappa shape index (κ2) is 6.06. The van der Waals surface area contributed by atoms with Crippen LogP contribution in [0.15, 0.2) is 23.1 Å². The third-order valence-electron chi connectivity index (χ3n) is 2.65. The lowest BCUT2D eigenvalue weighted by molar-refractivity contribution is -0.0846. The summed E-state index contributed by atoms with van der Waals surface area (Å²) in [6, 6.07) is 4.56. The summed E-state index contributed by atoms with van der Waals surface area (Å²) in [6.07, 6.45) is -0.299. The van der Waals surface area contributed by atoms with E-state index >= 15 is 0 Å². The van der Waals surface area contributed by atoms with E-state index in [1.807, 2.05) is 0 Å². The zero-order valence-corrected chi connectivity index (χ0v) is 11.7. The van der Waals surface area contributed by atoms with Crippen molar-refractivity contribution in [3.8, 4) is 0 Å². The third kappa shape index (κ3) is 3.58. The van der Waals surface area contributed by atoms with Gasteiger partial charge in [0, 0.05) is 6.54 Å². The molecule has 0 amide bonds. The molecule has 1 aromatic rings. The summed E-state index contributed by atoms with van der Waals surface area (Å²) >= 11 is 5.88. The zero-order valence-electron chi connectivity index (χ0n) is 10.1. The molecule has 1 fully saturated rings. The molecule has 0 aromatic heterocycles. The maximum absolute atomic E-state index is 12.1. The smallest absolute Gasteiger partial charge is 0.244 e. The molecule has 1 unspecified atom stereocenters. The molecule has 1 heterocycles. The van der Waals surface area contributed by atoms with E-state index in [1.54, 1.807) is 6.07 Å². The molecule has 0 bridgehead atoms. The van der Waals surface area contributed by atoms with Crippen LogP contribution >= 0.6 is 11.6 Å². The summed E-state index contributed by atoms with van der Waals surface area (Å²) in [4.78, 5) is -0.103. The SMILES string of the molecule is Nc1cccc(Cl)c1S(=O)(=O)NCC1COCCO1. The summed E-state index contributed by atoms with van der Waals surface area (Å²) in [6.45, 7) is 1.47. The van der Waals surface area contributed by atoms with Gasteiger partial charge in [-0.2, -0.15) is 0 Å². The van der Waals surface area contributed by atoms with Gasteiger partial charge in [0.25, 0.3) is 0 Å². The van der Waals surface area contributed by atoms with Gasteiger partial charge in [0.15, 0.2) is 0 Å². The van der Waals surface area contributed by atoms with E-state index in [0.29, 0.717) is 19.8 Å². The number of hydrogen-bond acceptors (Lipinski definition) is 5. The van der Waals surface area contributed by atoms with Crippen molar-refractivity contribution < 1.29 is 17.9 Å². The lowest BCUT2D eigenvalue weighted by atomic mass is 10.3. The van der Waals surface area contributed by atoms with Gasteiger partial charge in [-0.15, -0.1) is 0 Å². The van der Waals surface area contributed by atoms with Crippen LogP contribution in [0, 0.1) is 0 Å². The Labute approximate surface area is 116 Å². The normalized spacial score (nSPS) is 20.4. The number of benzene rings is 1. The number of nitrogens with one attached hydrogen (secondary N) is 1. The number of nitrogen functional groups attached to an aromatic ring is 1. The minimum atomic E-state index is -3.76. The van der Waals surface area contributed by atoms with Crippen molar-refractivity contribution in [1.82, 2.24) is 4.72 Å². The first-order valence-corrected chi connectivity index (χ1v) is 7.60. The van der Waals surface area contributed by atoms with E-state index in [-0.39, 0.29) is 28.3 Å². The average Bonchev–Trinajstić information content (AvgIpc) is 2.37. The zero-order chi connectivity index (χ0) is 13.9. The van der Waals surface area contributed by atoms with Crippen LogP contribution in [-0.2, 0) is 19.5 Å². The van der Waals surface area contributed by atoms with Gasteiger partial charge >= 0.3 is 0 Å². The Bertz CT molecular complexity index is 523. The molecule has 1 atom stereocenters. The van der Waals surface area contributed by atoms with E-state index in [9.17, 15) is 8.42 Å². The van der Waals surface area contributed by atoms with E-state index < -0.39 is 10.0 Å². The van der Waals surface area contributed by atoms with Gasteiger partial charge < -0.3 is 15.2 Å². The Kier molecular flexibility index (Phi) is 4.64. The first kappa shape index (κ1) is 14.5. The van der Waals surface area contributed by atoms with Gasteiger partial charge in [-0.05, 0) is 12.1 Å². The number of nitrogens with two attached hydrogens (primary N) is 1. The Hall–Kier alpha value is -0.860. The molecule has 3 N–H and O–H groups in total. The number of rotatable bonds is 4. The highest BCUT2D eigenvalue weighted by molar-refractivity contribution is 7.89. The summed E-state index contributed by atoms with van der Waals surface area (Å²) in [5, 5.41) is 0.0910. The fourth-order valence-corrected chi connectivity index (χ4v) is 3.48. The van der Waals surface area contributed by atoms with Crippen molar-refractivity contribution in [1.29, 1.82) is 0 Å². The highest BCUT2D eigenvalue weighted by atomic mass is 35.5. The molecular formula is C11H15ClN2O4S. The van der Waals surface area contributed by atoms with E-state index in [0.717, 1.165) is 0 Å². The quantitative estimate of drug-likeness (QED) is 0.796. The van der Waals surface area contributed by atoms with Gasteiger partial charge in [-0.25, -0.2) is 13.1 Å². The maximum atomic E-state index is 12.1. The lowest BCUT2D eigenvalue weighted by Gasteiger charge is -2.23. The molecule has 8 heteroatoms. The number of halogens is 1. The average molecular weight is 307 g/mol. The second-order valence-corrected chi connectivity index (χ2v) is 6.19. The first-order chi connectivity index (χ1) is 9.00. The third-order valence-corrected chi connectivity index (χ3v) is 4.62. The number of sulfonamides is 1. The van der Waals surface area contributed by atoms with Crippen LogP contribution in [-0.4, -0.2) is 40.9 Å². The largest absolute Gasteiger partial charge is 0.398 e. The fourth-order valence-electron chi connectivity index (χ4n) is 1.74. The van der Waals surface area contributed by atoms with Crippen LogP contribution < -0.4 is 10.5 Å². The minimum absolute atomic E-state index is 0.0910. The molecular weight excluding hydrogens is 292 g/mol. The van der Waals surface area contributed by atoms with Gasteiger partial charge in [-0.3, -0.25) is 0 Å². The Balaban J connectivity index is 2.09. The maximum Gasteiger partial charge on any atom is 0.244 e. The predicted octanol–water partition coefficient (Wildman–Crippen LogP) is 0.616. The summed E-state index contributed by atoms with van der Waals surface area (Å²) < 4.78 is 37.3. The van der Waals surface area contributed by atoms with Crippen molar-refractivity contribution in [2.24, 2.45) is 0 Å². The second-order valence-electron chi connectivity index (χ2n) is 4.08. The van der Waals surface area contributed by atoms with Crippen molar-refractivity contribution >= 4 is 27.3 Å². The van der Waals surface area contributed by atoms with Crippen LogP contribution in [0.25, 0.3) is 0 Å².